The summed E-state index contributed by atoms with van der Waals surface area (Å²) in [5.74, 6) is 1.28. The van der Waals surface area contributed by atoms with E-state index >= 15 is 0 Å². The van der Waals surface area contributed by atoms with E-state index in [2.05, 4.69) is 26.2 Å². The highest BCUT2D eigenvalue weighted by Crippen LogP contribution is 2.14. The third-order valence-electron chi connectivity index (χ3n) is 6.12. The van der Waals surface area contributed by atoms with Crippen molar-refractivity contribution in [3.8, 4) is 17.0 Å². The molecule has 0 aliphatic heterocycles. The lowest BCUT2D eigenvalue weighted by molar-refractivity contribution is -0.123. The average molecular weight is 548 g/mol. The number of Topliss-reactive ketones (excluding diaryl/α,β-unsaturated/α-hetero) is 1. The Morgan fingerprint density at radius 3 is 2.50 bits per heavy atom. The standard InChI is InChI=1S/C16H16N4O.C13H21N3O3/c1-12-4-3-5-13(8-12)10-20-16(21)7-6-15(18-20)14-9-17-19(2)11-14;1-9(18-3)13(14)12(17)5-4-6-19-11-7-15-10(2)16-8-11/h3-9,11H,10H2,1-2H3;7-9,13H,4-6,14H2,1-3H3/t;9-,13-/m.0/s1. The van der Waals surface area contributed by atoms with Crippen LogP contribution in [0.2, 0.25) is 0 Å². The van der Waals surface area contributed by atoms with Crippen LogP contribution in [0.5, 0.6) is 5.75 Å². The number of nitrogens with zero attached hydrogens (tertiary/aromatic N) is 6. The van der Waals surface area contributed by atoms with Gasteiger partial charge in [-0.2, -0.15) is 10.2 Å². The van der Waals surface area contributed by atoms with E-state index in [0.29, 0.717) is 37.6 Å². The number of ketones is 1. The highest BCUT2D eigenvalue weighted by atomic mass is 16.5. The molecular weight excluding hydrogens is 510 g/mol. The summed E-state index contributed by atoms with van der Waals surface area (Å²) in [6.45, 7) is 6.52. The van der Waals surface area contributed by atoms with Gasteiger partial charge in [0, 0.05) is 38.4 Å². The Bertz CT molecular complexity index is 1430. The van der Waals surface area contributed by atoms with Gasteiger partial charge in [-0.05, 0) is 38.8 Å². The third-order valence-corrected chi connectivity index (χ3v) is 6.12. The molecular formula is C29H37N7O4. The first-order valence-electron chi connectivity index (χ1n) is 13.0. The molecule has 1 aromatic carbocycles. The van der Waals surface area contributed by atoms with Crippen LogP contribution in [0.25, 0.3) is 11.3 Å². The molecule has 0 spiro atoms. The van der Waals surface area contributed by atoms with Gasteiger partial charge in [-0.25, -0.2) is 14.6 Å². The maximum Gasteiger partial charge on any atom is 0.267 e. The molecule has 2 atom stereocenters. The van der Waals surface area contributed by atoms with Crippen molar-refractivity contribution in [3.05, 3.63) is 88.5 Å². The molecule has 0 fully saturated rings. The fraction of sp³-hybridized carbons (Fsp3) is 0.379. The lowest BCUT2D eigenvalue weighted by atomic mass is 10.0. The maximum atomic E-state index is 12.0. The molecule has 40 heavy (non-hydrogen) atoms. The molecule has 0 saturated carbocycles. The summed E-state index contributed by atoms with van der Waals surface area (Å²) in [7, 11) is 3.39. The fourth-order valence-electron chi connectivity index (χ4n) is 3.72. The van der Waals surface area contributed by atoms with Crippen molar-refractivity contribution in [2.24, 2.45) is 12.8 Å². The minimum Gasteiger partial charge on any atom is -0.490 e. The smallest absolute Gasteiger partial charge is 0.267 e. The van der Waals surface area contributed by atoms with E-state index in [9.17, 15) is 9.59 Å². The van der Waals surface area contributed by atoms with Gasteiger partial charge in [0.05, 0.1) is 49.6 Å². The van der Waals surface area contributed by atoms with Crippen molar-refractivity contribution in [3.63, 3.8) is 0 Å². The number of aryl methyl sites for hydroxylation is 3. The van der Waals surface area contributed by atoms with Crippen molar-refractivity contribution in [1.29, 1.82) is 0 Å². The Balaban J connectivity index is 0.000000222. The molecule has 0 saturated heterocycles. The molecule has 0 amide bonds. The number of aromatic nitrogens is 6. The van der Waals surface area contributed by atoms with E-state index in [0.717, 1.165) is 16.8 Å². The van der Waals surface area contributed by atoms with Gasteiger partial charge in [0.25, 0.3) is 5.56 Å². The number of hydrogen-bond acceptors (Lipinski definition) is 9. The van der Waals surface area contributed by atoms with Gasteiger partial charge in [-0.1, -0.05) is 29.8 Å². The van der Waals surface area contributed by atoms with E-state index < -0.39 is 6.04 Å². The van der Waals surface area contributed by atoms with Crippen LogP contribution in [-0.2, 0) is 23.1 Å². The van der Waals surface area contributed by atoms with E-state index in [1.807, 2.05) is 38.4 Å². The van der Waals surface area contributed by atoms with Crippen molar-refractivity contribution in [1.82, 2.24) is 29.5 Å². The second-order valence-corrected chi connectivity index (χ2v) is 9.46. The van der Waals surface area contributed by atoms with Gasteiger partial charge in [0.2, 0.25) is 0 Å². The van der Waals surface area contributed by atoms with Crippen LogP contribution in [0, 0.1) is 13.8 Å². The van der Waals surface area contributed by atoms with Crippen LogP contribution in [0.15, 0.2) is 66.0 Å². The monoisotopic (exact) mass is 547 g/mol. The minimum absolute atomic E-state index is 0.0156. The summed E-state index contributed by atoms with van der Waals surface area (Å²) >= 11 is 0. The number of nitrogens with two attached hydrogens (primary N) is 1. The Labute approximate surface area is 234 Å². The largest absolute Gasteiger partial charge is 0.490 e. The molecule has 3 heterocycles. The van der Waals surface area contributed by atoms with Gasteiger partial charge < -0.3 is 15.2 Å². The SMILES string of the molecule is CO[C@@H](C)[C@H](N)C(=O)CCCOc1cnc(C)nc1.Cc1cccc(Cn2nc(-c3cnn(C)c3)ccc2=O)c1. The van der Waals surface area contributed by atoms with Gasteiger partial charge >= 0.3 is 0 Å². The average Bonchev–Trinajstić information content (AvgIpc) is 3.39. The number of benzene rings is 1. The van der Waals surface area contributed by atoms with Crippen molar-refractivity contribution >= 4 is 5.78 Å². The molecule has 0 aliphatic carbocycles. The van der Waals surface area contributed by atoms with Gasteiger partial charge in [-0.3, -0.25) is 14.3 Å². The summed E-state index contributed by atoms with van der Waals surface area (Å²) in [5.41, 5.74) is 9.52. The second-order valence-electron chi connectivity index (χ2n) is 9.46. The Morgan fingerprint density at radius 1 is 1.10 bits per heavy atom. The van der Waals surface area contributed by atoms with Crippen LogP contribution >= 0.6 is 0 Å². The number of rotatable bonds is 11. The Hall–Kier alpha value is -4.22. The maximum absolute atomic E-state index is 12.0. The molecule has 0 bridgehead atoms. The summed E-state index contributed by atoms with van der Waals surface area (Å²) in [5, 5.41) is 8.56. The number of hydrogen-bond donors (Lipinski definition) is 1. The lowest BCUT2D eigenvalue weighted by Crippen LogP contribution is -2.41. The zero-order chi connectivity index (χ0) is 29.1. The number of methoxy groups -OCH3 is 1. The van der Waals surface area contributed by atoms with E-state index in [4.69, 9.17) is 15.2 Å². The molecule has 11 nitrogen and oxygen atoms in total. The van der Waals surface area contributed by atoms with Crippen LogP contribution in [0.3, 0.4) is 0 Å². The zero-order valence-corrected chi connectivity index (χ0v) is 23.7. The quantitative estimate of drug-likeness (QED) is 0.281. The minimum atomic E-state index is -0.576. The van der Waals surface area contributed by atoms with Gasteiger partial charge in [0.1, 0.15) is 5.82 Å². The second kappa shape index (κ2) is 14.8. The molecule has 212 valence electrons. The van der Waals surface area contributed by atoms with Crippen LogP contribution < -0.4 is 16.0 Å². The number of ether oxygens (including phenoxy) is 2. The van der Waals surface area contributed by atoms with Crippen LogP contribution in [0.4, 0.5) is 0 Å². The number of carbonyl (C=O) groups is 1. The topological polar surface area (TPSA) is 140 Å². The molecule has 4 rings (SSSR count). The van der Waals surface area contributed by atoms with E-state index in [1.165, 1.54) is 17.4 Å². The summed E-state index contributed by atoms with van der Waals surface area (Å²) < 4.78 is 13.7. The van der Waals surface area contributed by atoms with Crippen LogP contribution in [-0.4, -0.2) is 61.2 Å². The summed E-state index contributed by atoms with van der Waals surface area (Å²) in [4.78, 5) is 31.7. The molecule has 0 aliphatic rings. The predicted octanol–water partition coefficient (Wildman–Crippen LogP) is 2.88. The van der Waals surface area contributed by atoms with Crippen molar-refractivity contribution in [2.75, 3.05) is 13.7 Å². The van der Waals surface area contributed by atoms with Gasteiger partial charge in [0.15, 0.2) is 11.5 Å². The molecule has 0 radical (unpaired) electrons. The first-order valence-corrected chi connectivity index (χ1v) is 13.0. The summed E-state index contributed by atoms with van der Waals surface area (Å²) in [6.07, 6.45) is 7.57. The highest BCUT2D eigenvalue weighted by molar-refractivity contribution is 5.84. The summed E-state index contributed by atoms with van der Waals surface area (Å²) in [6, 6.07) is 10.8. The molecule has 2 N–H and O–H groups in total. The molecule has 3 aromatic heterocycles. The molecule has 11 heteroatoms. The zero-order valence-electron chi connectivity index (χ0n) is 23.7. The highest BCUT2D eigenvalue weighted by Gasteiger charge is 2.19. The lowest BCUT2D eigenvalue weighted by Gasteiger charge is -2.16. The predicted molar refractivity (Wildman–Crippen MR) is 152 cm³/mol. The normalized spacial score (nSPS) is 12.2. The van der Waals surface area contributed by atoms with Crippen molar-refractivity contribution < 1.29 is 14.3 Å². The first kappa shape index (κ1) is 30.3. The Morgan fingerprint density at radius 2 is 1.85 bits per heavy atom. The fourth-order valence-corrected chi connectivity index (χ4v) is 3.72. The molecule has 0 unspecified atom stereocenters. The van der Waals surface area contributed by atoms with E-state index in [-0.39, 0.29) is 17.4 Å². The molecule has 4 aromatic rings. The van der Waals surface area contributed by atoms with Crippen molar-refractivity contribution in [2.45, 2.75) is 52.3 Å². The first-order chi connectivity index (χ1) is 19.2. The number of carbonyl (C=O) groups excluding carboxylic acids is 1. The van der Waals surface area contributed by atoms with E-state index in [1.54, 1.807) is 49.3 Å². The Kier molecular flexibility index (Phi) is 11.2. The van der Waals surface area contributed by atoms with Gasteiger partial charge in [-0.15, -0.1) is 0 Å². The van der Waals surface area contributed by atoms with Crippen LogP contribution in [0.1, 0.15) is 36.7 Å². The third kappa shape index (κ3) is 9.21.